The smallest absolute Gasteiger partial charge is 0.338 e. The molecule has 0 spiro atoms. The van der Waals surface area contributed by atoms with Gasteiger partial charge in [0.15, 0.2) is 0 Å². The Morgan fingerprint density at radius 3 is 2.00 bits per heavy atom. The highest BCUT2D eigenvalue weighted by Crippen LogP contribution is 2.01. The zero-order valence-corrected chi connectivity index (χ0v) is 13.6. The molecule has 0 amide bonds. The minimum atomic E-state index is -0.876. The van der Waals surface area contributed by atoms with Gasteiger partial charge in [0.1, 0.15) is 0 Å². The normalized spacial score (nSPS) is 10.5. The Hall–Kier alpha value is -1.96. The van der Waals surface area contributed by atoms with Crippen LogP contribution in [0.15, 0.2) is 30.3 Å². The quantitative estimate of drug-likeness (QED) is 0.407. The second kappa shape index (κ2) is 13.5. The number of hydrogen-bond acceptors (Lipinski definition) is 6. The molecule has 1 aromatic carbocycles. The zero-order valence-electron chi connectivity index (χ0n) is 13.6. The number of carbonyl (C=O) groups excluding carboxylic acids is 1. The summed E-state index contributed by atoms with van der Waals surface area (Å²) in [6.45, 7) is 2.64. The van der Waals surface area contributed by atoms with Crippen molar-refractivity contribution in [3.05, 3.63) is 35.9 Å². The van der Waals surface area contributed by atoms with Gasteiger partial charge in [-0.2, -0.15) is 0 Å². The van der Waals surface area contributed by atoms with E-state index in [1.54, 1.807) is 24.3 Å². The zero-order chi connectivity index (χ0) is 17.5. The van der Waals surface area contributed by atoms with E-state index in [2.05, 4.69) is 0 Å². The summed E-state index contributed by atoms with van der Waals surface area (Å²) in [5.74, 6) is -1.21. The molecule has 7 heteroatoms. The Morgan fingerprint density at radius 1 is 0.792 bits per heavy atom. The maximum atomic E-state index is 11.6. The maximum absolute atomic E-state index is 11.6. The van der Waals surface area contributed by atoms with Crippen LogP contribution in [-0.4, -0.2) is 63.3 Å². The Bertz CT molecular complexity index is 461. The van der Waals surface area contributed by atoms with E-state index in [1.807, 2.05) is 6.07 Å². The Kier molecular flexibility index (Phi) is 11.3. The number of carboxylic acid groups (broad SMARTS) is 1. The molecule has 1 rings (SSSR count). The van der Waals surface area contributed by atoms with Crippen molar-refractivity contribution in [2.45, 2.75) is 12.8 Å². The molecule has 7 nitrogen and oxygen atoms in total. The second-order valence-electron chi connectivity index (χ2n) is 4.84. The number of rotatable bonds is 14. The summed E-state index contributed by atoms with van der Waals surface area (Å²) in [5.41, 5.74) is 0.539. The number of hydrogen-bond donors (Lipinski definition) is 1. The average molecular weight is 340 g/mol. The maximum Gasteiger partial charge on any atom is 0.338 e. The molecular formula is C17H24O7. The van der Waals surface area contributed by atoms with E-state index < -0.39 is 5.97 Å². The molecule has 0 unspecified atom stereocenters. The molecule has 24 heavy (non-hydrogen) atoms. The first-order chi connectivity index (χ1) is 11.7. The fourth-order valence-electron chi connectivity index (χ4n) is 1.68. The fraction of sp³-hybridized carbons (Fsp3) is 0.529. The van der Waals surface area contributed by atoms with Crippen LogP contribution in [0.3, 0.4) is 0 Å². The van der Waals surface area contributed by atoms with E-state index in [1.165, 1.54) is 0 Å². The molecular weight excluding hydrogens is 316 g/mol. The largest absolute Gasteiger partial charge is 0.481 e. The highest BCUT2D eigenvalue weighted by Gasteiger charge is 2.04. The van der Waals surface area contributed by atoms with Crippen LogP contribution in [0.1, 0.15) is 23.2 Å². The van der Waals surface area contributed by atoms with Gasteiger partial charge in [-0.25, -0.2) is 4.79 Å². The second-order valence-corrected chi connectivity index (χ2v) is 4.84. The molecule has 0 heterocycles. The van der Waals surface area contributed by atoms with Crippen molar-refractivity contribution in [2.75, 3.05) is 46.2 Å². The molecule has 0 saturated heterocycles. The summed E-state index contributed by atoms with van der Waals surface area (Å²) >= 11 is 0. The van der Waals surface area contributed by atoms with Crippen molar-refractivity contribution in [2.24, 2.45) is 0 Å². The predicted octanol–water partition coefficient (Wildman–Crippen LogP) is 1.76. The Morgan fingerprint density at radius 2 is 1.38 bits per heavy atom. The lowest BCUT2D eigenvalue weighted by Crippen LogP contribution is -2.12. The van der Waals surface area contributed by atoms with Crippen molar-refractivity contribution >= 4 is 11.9 Å². The molecule has 0 aliphatic heterocycles. The number of benzene rings is 1. The van der Waals surface area contributed by atoms with E-state index in [9.17, 15) is 9.59 Å². The van der Waals surface area contributed by atoms with E-state index in [0.29, 0.717) is 51.6 Å². The minimum Gasteiger partial charge on any atom is -0.481 e. The van der Waals surface area contributed by atoms with Crippen LogP contribution in [0.4, 0.5) is 0 Å². The van der Waals surface area contributed by atoms with E-state index in [0.717, 1.165) is 0 Å². The highest BCUT2D eigenvalue weighted by molar-refractivity contribution is 5.89. The molecule has 0 bridgehead atoms. The fourth-order valence-corrected chi connectivity index (χ4v) is 1.68. The monoisotopic (exact) mass is 340 g/mol. The van der Waals surface area contributed by atoms with Gasteiger partial charge < -0.3 is 24.1 Å². The van der Waals surface area contributed by atoms with Crippen LogP contribution >= 0.6 is 0 Å². The lowest BCUT2D eigenvalue weighted by Gasteiger charge is -2.07. The first-order valence-corrected chi connectivity index (χ1v) is 7.87. The first kappa shape index (κ1) is 20.1. The van der Waals surface area contributed by atoms with Crippen LogP contribution in [-0.2, 0) is 23.7 Å². The lowest BCUT2D eigenvalue weighted by atomic mass is 10.2. The third-order valence-corrected chi connectivity index (χ3v) is 2.88. The molecule has 1 N–H and O–H groups in total. The van der Waals surface area contributed by atoms with Crippen LogP contribution in [0, 0.1) is 0 Å². The molecule has 0 saturated carbocycles. The van der Waals surface area contributed by atoms with Gasteiger partial charge in [-0.1, -0.05) is 18.2 Å². The number of esters is 1. The summed E-state index contributed by atoms with van der Waals surface area (Å²) in [4.78, 5) is 21.9. The van der Waals surface area contributed by atoms with Crippen LogP contribution in [0.5, 0.6) is 0 Å². The topological polar surface area (TPSA) is 91.3 Å². The molecule has 0 atom stereocenters. The Labute approximate surface area is 141 Å². The third kappa shape index (κ3) is 10.7. The SMILES string of the molecule is O=C(O)CCOCCOCCOCCCOC(=O)c1ccccc1. The van der Waals surface area contributed by atoms with Crippen LogP contribution in [0.2, 0.25) is 0 Å². The van der Waals surface area contributed by atoms with Gasteiger partial charge in [0.05, 0.1) is 51.6 Å². The first-order valence-electron chi connectivity index (χ1n) is 7.87. The van der Waals surface area contributed by atoms with Crippen molar-refractivity contribution < 1.29 is 33.6 Å². The minimum absolute atomic E-state index is 0.00203. The van der Waals surface area contributed by atoms with E-state index >= 15 is 0 Å². The van der Waals surface area contributed by atoms with Gasteiger partial charge in [-0.05, 0) is 12.1 Å². The highest BCUT2D eigenvalue weighted by atomic mass is 16.5. The van der Waals surface area contributed by atoms with Crippen LogP contribution < -0.4 is 0 Å². The van der Waals surface area contributed by atoms with Gasteiger partial charge in [0.2, 0.25) is 0 Å². The number of carboxylic acids is 1. The molecule has 0 aromatic heterocycles. The Balaban J connectivity index is 1.82. The van der Waals surface area contributed by atoms with Crippen molar-refractivity contribution in [3.63, 3.8) is 0 Å². The molecule has 0 fully saturated rings. The van der Waals surface area contributed by atoms with Crippen molar-refractivity contribution in [1.82, 2.24) is 0 Å². The molecule has 0 aliphatic carbocycles. The molecule has 134 valence electrons. The van der Waals surface area contributed by atoms with E-state index in [4.69, 9.17) is 24.1 Å². The predicted molar refractivity (Wildman–Crippen MR) is 86.1 cm³/mol. The molecule has 0 radical (unpaired) electrons. The third-order valence-electron chi connectivity index (χ3n) is 2.88. The van der Waals surface area contributed by atoms with Gasteiger partial charge in [-0.15, -0.1) is 0 Å². The van der Waals surface area contributed by atoms with E-state index in [-0.39, 0.29) is 19.0 Å². The summed E-state index contributed by atoms with van der Waals surface area (Å²) in [5, 5.41) is 8.41. The lowest BCUT2D eigenvalue weighted by molar-refractivity contribution is -0.138. The summed E-state index contributed by atoms with van der Waals surface area (Å²) in [7, 11) is 0. The van der Waals surface area contributed by atoms with Gasteiger partial charge in [0.25, 0.3) is 0 Å². The number of aliphatic carboxylic acids is 1. The summed E-state index contributed by atoms with van der Waals surface area (Å²) in [6.07, 6.45) is 0.620. The number of ether oxygens (including phenoxy) is 4. The summed E-state index contributed by atoms with van der Waals surface area (Å²) in [6, 6.07) is 8.84. The van der Waals surface area contributed by atoms with Gasteiger partial charge in [-0.3, -0.25) is 4.79 Å². The van der Waals surface area contributed by atoms with Gasteiger partial charge >= 0.3 is 11.9 Å². The van der Waals surface area contributed by atoms with Crippen molar-refractivity contribution in [1.29, 1.82) is 0 Å². The van der Waals surface area contributed by atoms with Crippen molar-refractivity contribution in [3.8, 4) is 0 Å². The molecule has 1 aromatic rings. The number of carbonyl (C=O) groups is 2. The average Bonchev–Trinajstić information content (AvgIpc) is 2.59. The standard InChI is InChI=1S/C17H24O7/c18-16(19)7-10-22-12-14-23-13-11-21-8-4-9-24-17(20)15-5-2-1-3-6-15/h1-3,5-6H,4,7-14H2,(H,18,19). The van der Waals surface area contributed by atoms with Crippen LogP contribution in [0.25, 0.3) is 0 Å². The summed E-state index contributed by atoms with van der Waals surface area (Å²) < 4.78 is 20.8. The molecule has 0 aliphatic rings. The van der Waals surface area contributed by atoms with Gasteiger partial charge in [0, 0.05) is 13.0 Å².